The number of nitrogens with one attached hydrogen (secondary N) is 1. The first-order valence-corrected chi connectivity index (χ1v) is 11.0. The highest BCUT2D eigenvalue weighted by atomic mass is 32.2. The van der Waals surface area contributed by atoms with E-state index in [-0.39, 0.29) is 0 Å². The molecule has 0 atom stereocenters. The third kappa shape index (κ3) is 2.20. The van der Waals surface area contributed by atoms with Crippen LogP contribution < -0.4 is 0 Å². The Morgan fingerprint density at radius 3 is 2.30 bits per heavy atom. The second-order valence-corrected chi connectivity index (χ2v) is 8.93. The number of aromatic nitrogens is 1. The summed E-state index contributed by atoms with van der Waals surface area (Å²) >= 11 is 1.91. The molecule has 1 aromatic heterocycles. The topological polar surface area (TPSA) is 15.8 Å². The van der Waals surface area contributed by atoms with E-state index in [4.69, 9.17) is 0 Å². The van der Waals surface area contributed by atoms with Crippen LogP contribution in [0, 0.1) is 0 Å². The molecule has 1 aliphatic heterocycles. The number of rotatable bonds is 1. The highest BCUT2D eigenvalue weighted by Gasteiger charge is 2.22. The summed E-state index contributed by atoms with van der Waals surface area (Å²) in [6.07, 6.45) is 0. The minimum Gasteiger partial charge on any atom is -0.354 e. The van der Waals surface area contributed by atoms with Crippen molar-refractivity contribution in [1.82, 2.24) is 4.98 Å². The lowest BCUT2D eigenvalue weighted by atomic mass is 9.95. The second kappa shape index (κ2) is 6.01. The summed E-state index contributed by atoms with van der Waals surface area (Å²) in [6.45, 7) is 0. The van der Waals surface area contributed by atoms with Crippen LogP contribution in [0.1, 0.15) is 0 Å². The molecular weight excluding hydrogens is 382 g/mol. The van der Waals surface area contributed by atoms with Crippen molar-refractivity contribution in [2.45, 2.75) is 9.79 Å². The molecule has 1 aliphatic rings. The largest absolute Gasteiger partial charge is 0.354 e. The molecule has 7 rings (SSSR count). The molecule has 6 aromatic rings. The van der Waals surface area contributed by atoms with Crippen molar-refractivity contribution in [3.8, 4) is 22.3 Å². The zero-order valence-electron chi connectivity index (χ0n) is 16.1. The molecule has 1 nitrogen and oxygen atoms in total. The van der Waals surface area contributed by atoms with Gasteiger partial charge in [0.05, 0.1) is 0 Å². The Morgan fingerprint density at radius 1 is 0.567 bits per heavy atom. The van der Waals surface area contributed by atoms with Crippen molar-refractivity contribution in [2.75, 3.05) is 0 Å². The van der Waals surface area contributed by atoms with Gasteiger partial charge in [0.2, 0.25) is 0 Å². The van der Waals surface area contributed by atoms with Gasteiger partial charge in [-0.15, -0.1) is 0 Å². The van der Waals surface area contributed by atoms with Crippen molar-refractivity contribution in [3.05, 3.63) is 97.1 Å². The first-order chi connectivity index (χ1) is 14.9. The predicted octanol–water partition coefficient (Wildman–Crippen LogP) is 8.27. The van der Waals surface area contributed by atoms with Gasteiger partial charge in [-0.3, -0.25) is 0 Å². The summed E-state index contributed by atoms with van der Waals surface area (Å²) in [6, 6.07) is 35.2. The Hall–Kier alpha value is -3.49. The van der Waals surface area contributed by atoms with Gasteiger partial charge in [0.25, 0.3) is 0 Å². The maximum Gasteiger partial charge on any atom is 0.0476 e. The summed E-state index contributed by atoms with van der Waals surface area (Å²) in [5, 5.41) is 5.31. The van der Waals surface area contributed by atoms with E-state index >= 15 is 0 Å². The molecule has 0 radical (unpaired) electrons. The van der Waals surface area contributed by atoms with Crippen LogP contribution >= 0.6 is 11.8 Å². The molecule has 1 N–H and O–H groups in total. The van der Waals surface area contributed by atoms with Gasteiger partial charge in [-0.2, -0.15) is 0 Å². The lowest BCUT2D eigenvalue weighted by Gasteiger charge is -2.21. The summed E-state index contributed by atoms with van der Waals surface area (Å²) in [5.74, 6) is 0. The molecule has 0 amide bonds. The maximum atomic E-state index is 3.64. The lowest BCUT2D eigenvalue weighted by molar-refractivity contribution is 1.44. The molecule has 5 aromatic carbocycles. The van der Waals surface area contributed by atoms with Crippen LogP contribution in [-0.4, -0.2) is 4.98 Å². The van der Waals surface area contributed by atoms with Crippen LogP contribution in [0.3, 0.4) is 0 Å². The van der Waals surface area contributed by atoms with Crippen LogP contribution in [0.2, 0.25) is 0 Å². The van der Waals surface area contributed by atoms with E-state index in [1.165, 1.54) is 64.6 Å². The van der Waals surface area contributed by atoms with Gasteiger partial charge in [-0.25, -0.2) is 0 Å². The number of H-pyrrole nitrogens is 1. The molecule has 0 bridgehead atoms. The zero-order chi connectivity index (χ0) is 19.7. The van der Waals surface area contributed by atoms with Gasteiger partial charge >= 0.3 is 0 Å². The first kappa shape index (κ1) is 16.3. The summed E-state index contributed by atoms with van der Waals surface area (Å²) in [7, 11) is 0. The normalized spacial score (nSPS) is 12.5. The fourth-order valence-electron chi connectivity index (χ4n) is 4.81. The lowest BCUT2D eigenvalue weighted by Crippen LogP contribution is -1.93. The quantitative estimate of drug-likeness (QED) is 0.294. The van der Waals surface area contributed by atoms with Crippen molar-refractivity contribution < 1.29 is 0 Å². The van der Waals surface area contributed by atoms with Crippen LogP contribution in [-0.2, 0) is 0 Å². The van der Waals surface area contributed by atoms with Crippen LogP contribution in [0.5, 0.6) is 0 Å². The molecule has 0 unspecified atom stereocenters. The molecule has 140 valence electrons. The molecule has 0 fully saturated rings. The second-order valence-electron chi connectivity index (χ2n) is 7.88. The third-order valence-electron chi connectivity index (χ3n) is 6.19. The Bertz CT molecular complexity index is 1600. The number of hydrogen-bond acceptors (Lipinski definition) is 1. The van der Waals surface area contributed by atoms with E-state index in [9.17, 15) is 0 Å². The van der Waals surface area contributed by atoms with E-state index < -0.39 is 0 Å². The number of benzene rings is 5. The van der Waals surface area contributed by atoms with Crippen molar-refractivity contribution in [2.24, 2.45) is 0 Å². The van der Waals surface area contributed by atoms with E-state index in [0.29, 0.717) is 0 Å². The molecule has 2 heterocycles. The van der Waals surface area contributed by atoms with Crippen LogP contribution in [0.4, 0.5) is 0 Å². The highest BCUT2D eigenvalue weighted by molar-refractivity contribution is 8.00. The van der Waals surface area contributed by atoms with Crippen LogP contribution in [0.15, 0.2) is 107 Å². The minimum atomic E-state index is 1.19. The standard InChI is InChI=1S/C28H17NS/c1-2-6-17(7-3-1)19-12-14-23-22(16-19)27-24(29-23)15-13-21-20-10-4-8-18-9-5-11-25(26(18)20)30-28(21)27/h1-16,29H. The third-order valence-corrected chi connectivity index (χ3v) is 7.38. The SMILES string of the molecule is c1ccc(-c2ccc3[nH]c4ccc5c(c4c3c2)Sc2cccc3cccc-5c23)cc1. The smallest absolute Gasteiger partial charge is 0.0476 e. The number of fused-ring (bicyclic) bond motifs is 6. The van der Waals surface area contributed by atoms with Crippen molar-refractivity contribution in [3.63, 3.8) is 0 Å². The molecule has 0 saturated heterocycles. The van der Waals surface area contributed by atoms with E-state index in [0.717, 1.165) is 0 Å². The molecule has 0 aliphatic carbocycles. The van der Waals surface area contributed by atoms with Crippen LogP contribution in [0.25, 0.3) is 54.8 Å². The fourth-order valence-corrected chi connectivity index (χ4v) is 6.12. The summed E-state index contributed by atoms with van der Waals surface area (Å²) < 4.78 is 0. The van der Waals surface area contributed by atoms with Crippen molar-refractivity contribution >= 4 is 44.3 Å². The van der Waals surface area contributed by atoms with Gasteiger partial charge < -0.3 is 4.98 Å². The average molecular weight is 400 g/mol. The van der Waals surface area contributed by atoms with E-state index in [1.807, 2.05) is 11.8 Å². The van der Waals surface area contributed by atoms with Crippen molar-refractivity contribution in [1.29, 1.82) is 0 Å². The van der Waals surface area contributed by atoms with Gasteiger partial charge in [-0.05, 0) is 51.9 Å². The number of hydrogen-bond donors (Lipinski definition) is 1. The Balaban J connectivity index is 1.57. The monoisotopic (exact) mass is 399 g/mol. The Kier molecular flexibility index (Phi) is 3.27. The maximum absolute atomic E-state index is 3.64. The summed E-state index contributed by atoms with van der Waals surface area (Å²) in [5.41, 5.74) is 7.57. The number of aromatic amines is 1. The van der Waals surface area contributed by atoms with Gasteiger partial charge in [0.15, 0.2) is 0 Å². The predicted molar refractivity (Wildman–Crippen MR) is 128 cm³/mol. The van der Waals surface area contributed by atoms with Gasteiger partial charge in [-0.1, -0.05) is 84.6 Å². The Labute approximate surface area is 178 Å². The summed E-state index contributed by atoms with van der Waals surface area (Å²) in [4.78, 5) is 6.34. The highest BCUT2D eigenvalue weighted by Crippen LogP contribution is 2.51. The van der Waals surface area contributed by atoms with Gasteiger partial charge in [0.1, 0.15) is 0 Å². The molecule has 30 heavy (non-hydrogen) atoms. The van der Waals surface area contributed by atoms with E-state index in [2.05, 4.69) is 102 Å². The Morgan fingerprint density at radius 2 is 1.40 bits per heavy atom. The molecular formula is C28H17NS. The molecule has 2 heteroatoms. The molecule has 0 spiro atoms. The minimum absolute atomic E-state index is 1.19. The zero-order valence-corrected chi connectivity index (χ0v) is 17.0. The first-order valence-electron chi connectivity index (χ1n) is 10.2. The fraction of sp³-hybridized carbons (Fsp3) is 0. The van der Waals surface area contributed by atoms with E-state index in [1.54, 1.807) is 0 Å². The molecule has 0 saturated carbocycles. The van der Waals surface area contributed by atoms with Gasteiger partial charge in [0, 0.05) is 37.0 Å². The average Bonchev–Trinajstić information content (AvgIpc) is 3.18.